The molecule has 0 spiro atoms. The number of nitrogens with one attached hydrogen (secondary N) is 2. The summed E-state index contributed by atoms with van der Waals surface area (Å²) in [5.74, 6) is -0.371. The highest BCUT2D eigenvalue weighted by Crippen LogP contribution is 2.32. The van der Waals surface area contributed by atoms with E-state index in [1.165, 1.54) is 11.1 Å². The van der Waals surface area contributed by atoms with Gasteiger partial charge >= 0.3 is 0 Å². The summed E-state index contributed by atoms with van der Waals surface area (Å²) >= 11 is 0. The second-order valence-corrected chi connectivity index (χ2v) is 6.08. The number of nitrogens with zero attached hydrogens (tertiary/aromatic N) is 1. The number of anilines is 1. The summed E-state index contributed by atoms with van der Waals surface area (Å²) in [5, 5.41) is 14.5. The van der Waals surface area contributed by atoms with Gasteiger partial charge in [-0.1, -0.05) is 12.1 Å². The molecule has 1 atom stereocenters. The number of carbonyl (C=O) groups excluding carboxylic acids is 2. The van der Waals surface area contributed by atoms with Crippen molar-refractivity contribution >= 4 is 17.5 Å². The molecule has 1 unspecified atom stereocenters. The number of benzene rings is 1. The average Bonchev–Trinajstić information content (AvgIpc) is 2.99. The fourth-order valence-electron chi connectivity index (χ4n) is 3.29. The van der Waals surface area contributed by atoms with Crippen molar-refractivity contribution < 1.29 is 19.4 Å². The maximum absolute atomic E-state index is 12.1. The van der Waals surface area contributed by atoms with Crippen molar-refractivity contribution in [3.63, 3.8) is 0 Å². The molecule has 1 aromatic rings. The molecule has 2 aliphatic rings. The Morgan fingerprint density at radius 1 is 1.29 bits per heavy atom. The molecule has 2 amide bonds. The van der Waals surface area contributed by atoms with E-state index in [0.717, 1.165) is 12.2 Å². The first-order valence-corrected chi connectivity index (χ1v) is 8.30. The molecule has 3 N–H and O–H groups in total. The summed E-state index contributed by atoms with van der Waals surface area (Å²) in [6.45, 7) is 2.98. The van der Waals surface area contributed by atoms with Crippen LogP contribution in [0.5, 0.6) is 0 Å². The van der Waals surface area contributed by atoms with Crippen LogP contribution in [0, 0.1) is 0 Å². The number of hydrogen-bond donors (Lipinski definition) is 3. The summed E-state index contributed by atoms with van der Waals surface area (Å²) in [6.07, 6.45) is 0.979. The predicted octanol–water partition coefficient (Wildman–Crippen LogP) is 0.228. The lowest BCUT2D eigenvalue weighted by Gasteiger charge is -2.29. The van der Waals surface area contributed by atoms with E-state index in [-0.39, 0.29) is 24.5 Å². The third-order valence-corrected chi connectivity index (χ3v) is 4.46. The van der Waals surface area contributed by atoms with Crippen LogP contribution < -0.4 is 10.6 Å². The third kappa shape index (κ3) is 3.75. The van der Waals surface area contributed by atoms with E-state index in [1.807, 2.05) is 12.1 Å². The lowest BCUT2D eigenvalue weighted by Crippen LogP contribution is -2.50. The van der Waals surface area contributed by atoms with Gasteiger partial charge in [0.15, 0.2) is 0 Å². The number of rotatable bonds is 7. The maximum atomic E-state index is 12.1. The standard InChI is InChI=1S/C17H23N3O4/c21-7-9-24-8-6-18-14-3-1-2-12-10-20(11-13(12)14)15-4-5-16(22)19-17(15)23/h1-3,15,18,21H,4-11H2,(H,19,22,23). The molecular weight excluding hydrogens is 310 g/mol. The number of ether oxygens (including phenoxy) is 1. The number of aliphatic hydroxyl groups excluding tert-OH is 1. The van der Waals surface area contributed by atoms with Gasteiger partial charge in [-0.25, -0.2) is 0 Å². The zero-order valence-corrected chi connectivity index (χ0v) is 13.6. The molecule has 1 aromatic carbocycles. The van der Waals surface area contributed by atoms with Gasteiger partial charge in [0.2, 0.25) is 11.8 Å². The third-order valence-electron chi connectivity index (χ3n) is 4.46. The lowest BCUT2D eigenvalue weighted by atomic mass is 10.0. The summed E-state index contributed by atoms with van der Waals surface area (Å²) in [4.78, 5) is 25.5. The van der Waals surface area contributed by atoms with Crippen LogP contribution in [0.2, 0.25) is 0 Å². The van der Waals surface area contributed by atoms with E-state index in [9.17, 15) is 9.59 Å². The van der Waals surface area contributed by atoms with Crippen LogP contribution in [0.15, 0.2) is 18.2 Å². The van der Waals surface area contributed by atoms with Gasteiger partial charge < -0.3 is 15.2 Å². The predicted molar refractivity (Wildman–Crippen MR) is 88.3 cm³/mol. The second-order valence-electron chi connectivity index (χ2n) is 6.08. The van der Waals surface area contributed by atoms with Gasteiger partial charge in [0.25, 0.3) is 0 Å². The van der Waals surface area contributed by atoms with Crippen LogP contribution in [0.3, 0.4) is 0 Å². The van der Waals surface area contributed by atoms with E-state index in [4.69, 9.17) is 9.84 Å². The van der Waals surface area contributed by atoms with Crippen LogP contribution in [0.4, 0.5) is 5.69 Å². The lowest BCUT2D eigenvalue weighted by molar-refractivity contribution is -0.137. The summed E-state index contributed by atoms with van der Waals surface area (Å²) in [5.41, 5.74) is 3.46. The smallest absolute Gasteiger partial charge is 0.243 e. The van der Waals surface area contributed by atoms with Crippen LogP contribution in [0.1, 0.15) is 24.0 Å². The molecule has 1 fully saturated rings. The number of fused-ring (bicyclic) bond motifs is 1. The highest BCUT2D eigenvalue weighted by molar-refractivity contribution is 6.00. The number of imide groups is 1. The molecule has 130 valence electrons. The molecule has 24 heavy (non-hydrogen) atoms. The maximum Gasteiger partial charge on any atom is 0.243 e. The fraction of sp³-hybridized carbons (Fsp3) is 0.529. The first-order valence-electron chi connectivity index (χ1n) is 8.30. The normalized spacial score (nSPS) is 20.8. The molecule has 1 saturated heterocycles. The minimum atomic E-state index is -0.240. The van der Waals surface area contributed by atoms with E-state index in [2.05, 4.69) is 21.6 Å². The van der Waals surface area contributed by atoms with Crippen molar-refractivity contribution in [3.8, 4) is 0 Å². The van der Waals surface area contributed by atoms with Crippen molar-refractivity contribution in [1.82, 2.24) is 10.2 Å². The fourth-order valence-corrected chi connectivity index (χ4v) is 3.29. The monoisotopic (exact) mass is 333 g/mol. The van der Waals surface area contributed by atoms with E-state index >= 15 is 0 Å². The van der Waals surface area contributed by atoms with Crippen LogP contribution in [-0.2, 0) is 27.4 Å². The van der Waals surface area contributed by atoms with Crippen LogP contribution >= 0.6 is 0 Å². The Morgan fingerprint density at radius 3 is 2.96 bits per heavy atom. The van der Waals surface area contributed by atoms with Gasteiger partial charge in [0, 0.05) is 31.7 Å². The van der Waals surface area contributed by atoms with E-state index < -0.39 is 0 Å². The van der Waals surface area contributed by atoms with Crippen LogP contribution in [-0.4, -0.2) is 54.2 Å². The van der Waals surface area contributed by atoms with E-state index in [1.54, 1.807) is 0 Å². The Bertz CT molecular complexity index is 620. The highest BCUT2D eigenvalue weighted by Gasteiger charge is 2.35. The number of carbonyl (C=O) groups is 2. The molecule has 3 rings (SSSR count). The topological polar surface area (TPSA) is 90.9 Å². The Labute approximate surface area is 141 Å². The molecule has 0 aromatic heterocycles. The zero-order chi connectivity index (χ0) is 16.9. The first kappa shape index (κ1) is 16.9. The average molecular weight is 333 g/mol. The Balaban J connectivity index is 1.61. The molecule has 0 saturated carbocycles. The molecule has 2 heterocycles. The second kappa shape index (κ2) is 7.74. The Hall–Kier alpha value is -1.96. The van der Waals surface area contributed by atoms with Crippen molar-refractivity contribution in [3.05, 3.63) is 29.3 Å². The minimum Gasteiger partial charge on any atom is -0.394 e. The summed E-state index contributed by atoms with van der Waals surface area (Å²) < 4.78 is 5.26. The SMILES string of the molecule is O=C1CCC(N2Cc3cccc(NCCOCCO)c3C2)C(=O)N1. The number of piperidine rings is 1. The number of hydrogen-bond acceptors (Lipinski definition) is 6. The Kier molecular flexibility index (Phi) is 5.44. The molecule has 0 bridgehead atoms. The van der Waals surface area contributed by atoms with Gasteiger partial charge in [-0.3, -0.25) is 19.8 Å². The summed E-state index contributed by atoms with van der Waals surface area (Å²) in [7, 11) is 0. The quantitative estimate of drug-likeness (QED) is 0.489. The number of amides is 2. The first-order chi connectivity index (χ1) is 11.7. The minimum absolute atomic E-state index is 0.0294. The molecule has 2 aliphatic heterocycles. The van der Waals surface area contributed by atoms with Gasteiger partial charge in [0.05, 0.1) is 25.9 Å². The molecule has 7 nitrogen and oxygen atoms in total. The summed E-state index contributed by atoms with van der Waals surface area (Å²) in [6, 6.07) is 5.87. The highest BCUT2D eigenvalue weighted by atomic mass is 16.5. The van der Waals surface area contributed by atoms with Crippen molar-refractivity contribution in [2.75, 3.05) is 31.7 Å². The Morgan fingerprint density at radius 2 is 2.17 bits per heavy atom. The number of aliphatic hydroxyl groups is 1. The molecule has 0 radical (unpaired) electrons. The van der Waals surface area contributed by atoms with Crippen LogP contribution in [0.25, 0.3) is 0 Å². The molecule has 0 aliphatic carbocycles. The molecular formula is C17H23N3O4. The van der Waals surface area contributed by atoms with Gasteiger partial charge in [-0.05, 0) is 23.6 Å². The van der Waals surface area contributed by atoms with Gasteiger partial charge in [-0.15, -0.1) is 0 Å². The van der Waals surface area contributed by atoms with Crippen molar-refractivity contribution in [1.29, 1.82) is 0 Å². The largest absolute Gasteiger partial charge is 0.394 e. The zero-order valence-electron chi connectivity index (χ0n) is 13.6. The van der Waals surface area contributed by atoms with Crippen molar-refractivity contribution in [2.45, 2.75) is 32.0 Å². The van der Waals surface area contributed by atoms with Gasteiger partial charge in [0.1, 0.15) is 0 Å². The van der Waals surface area contributed by atoms with E-state index in [0.29, 0.717) is 39.1 Å². The van der Waals surface area contributed by atoms with Crippen molar-refractivity contribution in [2.24, 2.45) is 0 Å². The molecule has 7 heteroatoms. The van der Waals surface area contributed by atoms with Gasteiger partial charge in [-0.2, -0.15) is 0 Å².